The molecule has 1 aromatic carbocycles. The van der Waals surface area contributed by atoms with Crippen molar-refractivity contribution in [3.63, 3.8) is 0 Å². The van der Waals surface area contributed by atoms with Crippen molar-refractivity contribution in [2.45, 2.75) is 26.2 Å². The molecule has 0 saturated heterocycles. The lowest BCUT2D eigenvalue weighted by molar-refractivity contribution is 0.831. The zero-order valence-corrected chi connectivity index (χ0v) is 15.4. The number of hydrogen-bond acceptors (Lipinski definition) is 3. The van der Waals surface area contributed by atoms with Gasteiger partial charge >= 0.3 is 0 Å². The number of hydrogen-bond donors (Lipinski definition) is 2. The van der Waals surface area contributed by atoms with Crippen LogP contribution in [0.3, 0.4) is 0 Å². The van der Waals surface area contributed by atoms with Crippen molar-refractivity contribution in [1.29, 1.82) is 0 Å². The third-order valence-corrected chi connectivity index (χ3v) is 3.95. The Morgan fingerprint density at radius 3 is 2.67 bits per heavy atom. The lowest BCUT2D eigenvalue weighted by Gasteiger charge is -2.04. The maximum Gasteiger partial charge on any atom is 0.193 e. The summed E-state index contributed by atoms with van der Waals surface area (Å²) in [5.74, 6) is 0.928. The fourth-order valence-corrected chi connectivity index (χ4v) is 2.57. The Hall–Kier alpha value is -1.15. The van der Waals surface area contributed by atoms with Gasteiger partial charge in [-0.1, -0.05) is 32.0 Å². The largest absolute Gasteiger partial charge is 0.370 e. The van der Waals surface area contributed by atoms with Gasteiger partial charge in [0.25, 0.3) is 0 Å². The van der Waals surface area contributed by atoms with E-state index in [9.17, 15) is 0 Å². The summed E-state index contributed by atoms with van der Waals surface area (Å²) in [6.07, 6.45) is 0.820. The van der Waals surface area contributed by atoms with Crippen LogP contribution in [0.25, 0.3) is 0 Å². The Bertz CT molecular complexity index is 566. The van der Waals surface area contributed by atoms with E-state index in [2.05, 4.69) is 34.5 Å². The molecular weight excluding hydrogens is 395 g/mol. The Labute approximate surface area is 146 Å². The van der Waals surface area contributed by atoms with Crippen LogP contribution in [0.1, 0.15) is 30.5 Å². The Balaban J connectivity index is 0.00000220. The number of benzene rings is 1. The number of rotatable bonds is 5. The van der Waals surface area contributed by atoms with E-state index in [-0.39, 0.29) is 24.0 Å². The smallest absolute Gasteiger partial charge is 0.193 e. The topological polar surface area (TPSA) is 63.3 Å². The van der Waals surface area contributed by atoms with Crippen LogP contribution in [0.2, 0.25) is 0 Å². The summed E-state index contributed by atoms with van der Waals surface area (Å²) in [6, 6.07) is 9.79. The van der Waals surface area contributed by atoms with Gasteiger partial charge in [-0.25, -0.2) is 4.98 Å². The first-order valence-corrected chi connectivity index (χ1v) is 7.59. The number of aromatic nitrogens is 1. The number of para-hydroxylation sites is 1. The van der Waals surface area contributed by atoms with Gasteiger partial charge in [-0.3, -0.25) is 4.99 Å². The molecule has 21 heavy (non-hydrogen) atoms. The van der Waals surface area contributed by atoms with Crippen molar-refractivity contribution < 1.29 is 0 Å². The van der Waals surface area contributed by atoms with Crippen LogP contribution < -0.4 is 11.1 Å². The van der Waals surface area contributed by atoms with Crippen LogP contribution in [-0.2, 0) is 6.42 Å². The maximum absolute atomic E-state index is 5.84. The zero-order chi connectivity index (χ0) is 14.4. The van der Waals surface area contributed by atoms with Crippen molar-refractivity contribution in [3.05, 3.63) is 46.4 Å². The highest BCUT2D eigenvalue weighted by Gasteiger charge is 2.05. The monoisotopic (exact) mass is 416 g/mol. The van der Waals surface area contributed by atoms with Crippen molar-refractivity contribution >= 4 is 47.0 Å². The van der Waals surface area contributed by atoms with Gasteiger partial charge in [0.1, 0.15) is 0 Å². The fraction of sp³-hybridized carbons (Fsp3) is 0.333. The van der Waals surface area contributed by atoms with Crippen molar-refractivity contribution in [3.8, 4) is 0 Å². The average Bonchev–Trinajstić information content (AvgIpc) is 2.89. The minimum absolute atomic E-state index is 0. The number of halogens is 1. The van der Waals surface area contributed by atoms with Crippen molar-refractivity contribution in [2.75, 3.05) is 11.9 Å². The number of nitrogens with one attached hydrogen (secondary N) is 1. The molecule has 0 aliphatic heterocycles. The van der Waals surface area contributed by atoms with Crippen molar-refractivity contribution in [2.24, 2.45) is 10.7 Å². The average molecular weight is 416 g/mol. The summed E-state index contributed by atoms with van der Waals surface area (Å²) in [5.41, 5.74) is 7.89. The Kier molecular flexibility index (Phi) is 7.66. The summed E-state index contributed by atoms with van der Waals surface area (Å²) in [4.78, 5) is 8.90. The number of nitrogens with two attached hydrogens (primary N) is 1. The Morgan fingerprint density at radius 1 is 1.33 bits per heavy atom. The van der Waals surface area contributed by atoms with Crippen LogP contribution in [0.15, 0.2) is 40.7 Å². The predicted octanol–water partition coefficient (Wildman–Crippen LogP) is 3.85. The van der Waals surface area contributed by atoms with Crippen LogP contribution in [0.4, 0.5) is 5.69 Å². The highest BCUT2D eigenvalue weighted by molar-refractivity contribution is 14.0. The molecule has 3 N–H and O–H groups in total. The second kappa shape index (κ2) is 8.99. The van der Waals surface area contributed by atoms with Crippen molar-refractivity contribution in [1.82, 2.24) is 4.98 Å². The Morgan fingerprint density at radius 2 is 2.05 bits per heavy atom. The van der Waals surface area contributed by atoms with Gasteiger partial charge in [0.15, 0.2) is 5.96 Å². The first-order chi connectivity index (χ1) is 9.65. The van der Waals surface area contributed by atoms with Crippen LogP contribution in [-0.4, -0.2) is 17.5 Å². The zero-order valence-electron chi connectivity index (χ0n) is 12.2. The summed E-state index contributed by atoms with van der Waals surface area (Å²) < 4.78 is 0. The molecule has 1 aromatic heterocycles. The van der Waals surface area contributed by atoms with Gasteiger partial charge in [-0.05, 0) is 12.1 Å². The molecule has 0 bridgehead atoms. The molecule has 114 valence electrons. The first kappa shape index (κ1) is 17.9. The minimum Gasteiger partial charge on any atom is -0.370 e. The van der Waals surface area contributed by atoms with Crippen LogP contribution in [0, 0.1) is 0 Å². The SMILES string of the molecule is CC(C)c1nc(CCN=C(N)Nc2ccccc2)cs1.I. The third kappa shape index (κ3) is 6.01. The van der Waals surface area contributed by atoms with E-state index in [1.165, 1.54) is 5.01 Å². The number of thiazole rings is 1. The highest BCUT2D eigenvalue weighted by atomic mass is 127. The van der Waals surface area contributed by atoms with Gasteiger partial charge in [0.05, 0.1) is 10.7 Å². The third-order valence-electron chi connectivity index (χ3n) is 2.76. The molecule has 6 heteroatoms. The molecule has 1 heterocycles. The number of nitrogens with zero attached hydrogens (tertiary/aromatic N) is 2. The molecule has 2 aromatic rings. The molecule has 0 aliphatic rings. The molecule has 2 rings (SSSR count). The molecule has 0 spiro atoms. The maximum atomic E-state index is 5.84. The van der Waals surface area contributed by atoms with E-state index in [4.69, 9.17) is 5.73 Å². The molecule has 0 fully saturated rings. The summed E-state index contributed by atoms with van der Waals surface area (Å²) >= 11 is 1.71. The molecule has 0 saturated carbocycles. The lowest BCUT2D eigenvalue weighted by Crippen LogP contribution is -2.23. The fourth-order valence-electron chi connectivity index (χ4n) is 1.70. The second-order valence-electron chi connectivity index (χ2n) is 4.84. The van der Waals surface area contributed by atoms with E-state index >= 15 is 0 Å². The normalized spacial score (nSPS) is 11.3. The number of guanidine groups is 1. The molecule has 4 nitrogen and oxygen atoms in total. The lowest BCUT2D eigenvalue weighted by atomic mass is 10.2. The van der Waals surface area contributed by atoms with E-state index in [1.807, 2.05) is 30.3 Å². The molecule has 0 atom stereocenters. The van der Waals surface area contributed by atoms with E-state index < -0.39 is 0 Å². The van der Waals surface area contributed by atoms with Gasteiger partial charge < -0.3 is 11.1 Å². The first-order valence-electron chi connectivity index (χ1n) is 6.71. The van der Waals surface area contributed by atoms with Gasteiger partial charge in [0.2, 0.25) is 0 Å². The van der Waals surface area contributed by atoms with E-state index in [0.29, 0.717) is 18.4 Å². The summed E-state index contributed by atoms with van der Waals surface area (Å²) in [5, 5.41) is 6.34. The number of aliphatic imine (C=N–C) groups is 1. The molecule has 0 unspecified atom stereocenters. The van der Waals surface area contributed by atoms with E-state index in [0.717, 1.165) is 17.8 Å². The van der Waals surface area contributed by atoms with Crippen LogP contribution >= 0.6 is 35.3 Å². The summed E-state index contributed by atoms with van der Waals surface area (Å²) in [6.45, 7) is 4.96. The molecule has 0 radical (unpaired) electrons. The van der Waals surface area contributed by atoms with Gasteiger partial charge in [0, 0.05) is 30.0 Å². The van der Waals surface area contributed by atoms with E-state index in [1.54, 1.807) is 11.3 Å². The predicted molar refractivity (Wildman–Crippen MR) is 102 cm³/mol. The van der Waals surface area contributed by atoms with Gasteiger partial charge in [-0.2, -0.15) is 0 Å². The molecule has 0 aliphatic carbocycles. The summed E-state index contributed by atoms with van der Waals surface area (Å²) in [7, 11) is 0. The second-order valence-corrected chi connectivity index (χ2v) is 5.73. The van der Waals surface area contributed by atoms with Gasteiger partial charge in [-0.15, -0.1) is 35.3 Å². The highest BCUT2D eigenvalue weighted by Crippen LogP contribution is 2.19. The minimum atomic E-state index is 0. The molecule has 0 amide bonds. The quantitative estimate of drug-likeness (QED) is 0.442. The number of anilines is 1. The van der Waals surface area contributed by atoms with Crippen LogP contribution in [0.5, 0.6) is 0 Å². The standard InChI is InChI=1S/C15H20N4S.HI/c1-11(2)14-18-13(10-20-14)8-9-17-15(16)19-12-6-4-3-5-7-12;/h3-7,10-11H,8-9H2,1-2H3,(H3,16,17,19);1H. The molecular formula is C15H21IN4S.